The zero-order valence-corrected chi connectivity index (χ0v) is 15.2. The highest BCUT2D eigenvalue weighted by Gasteiger charge is 2.14. The number of rotatable bonds is 7. The van der Waals surface area contributed by atoms with Gasteiger partial charge in [-0.1, -0.05) is 6.92 Å². The average Bonchev–Trinajstić information content (AvgIpc) is 2.42. The van der Waals surface area contributed by atoms with Crippen LogP contribution in [0.2, 0.25) is 0 Å². The molecule has 5 nitrogen and oxygen atoms in total. The number of guanidine groups is 1. The van der Waals surface area contributed by atoms with Crippen molar-refractivity contribution in [1.82, 2.24) is 15.5 Å². The van der Waals surface area contributed by atoms with Crippen LogP contribution in [0.4, 0.5) is 0 Å². The Morgan fingerprint density at radius 1 is 1.30 bits per heavy atom. The highest BCUT2D eigenvalue weighted by atomic mass is 127. The molecule has 0 aliphatic carbocycles. The van der Waals surface area contributed by atoms with Crippen molar-refractivity contribution in [3.05, 3.63) is 0 Å². The second-order valence-corrected chi connectivity index (χ2v) is 5.29. The molecular weight excluding hydrogens is 367 g/mol. The average molecular weight is 398 g/mol. The van der Waals surface area contributed by atoms with Crippen LogP contribution < -0.4 is 10.6 Å². The van der Waals surface area contributed by atoms with Crippen molar-refractivity contribution in [2.75, 3.05) is 45.9 Å². The molecule has 1 rings (SSSR count). The molecule has 0 aromatic heterocycles. The second-order valence-electron chi connectivity index (χ2n) is 5.29. The molecule has 0 radical (unpaired) electrons. The SMILES string of the molecule is CCNC(=NCCCN1CCC(C)CC1)NCCO.I. The molecule has 0 unspecified atom stereocenters. The summed E-state index contributed by atoms with van der Waals surface area (Å²) in [6, 6.07) is 0. The zero-order valence-electron chi connectivity index (χ0n) is 12.9. The summed E-state index contributed by atoms with van der Waals surface area (Å²) in [5.74, 6) is 1.71. The monoisotopic (exact) mass is 398 g/mol. The Labute approximate surface area is 140 Å². The predicted molar refractivity (Wildman–Crippen MR) is 95.9 cm³/mol. The first-order chi connectivity index (χ1) is 9.26. The van der Waals surface area contributed by atoms with Gasteiger partial charge in [-0.2, -0.15) is 0 Å². The van der Waals surface area contributed by atoms with E-state index in [1.165, 1.54) is 25.9 Å². The molecule has 0 aromatic carbocycles. The van der Waals surface area contributed by atoms with Crippen LogP contribution in [0.15, 0.2) is 4.99 Å². The molecular formula is C14H31IN4O. The lowest BCUT2D eigenvalue weighted by atomic mass is 9.99. The van der Waals surface area contributed by atoms with Gasteiger partial charge in [-0.15, -0.1) is 24.0 Å². The Morgan fingerprint density at radius 3 is 2.60 bits per heavy atom. The fraction of sp³-hybridized carbons (Fsp3) is 0.929. The third kappa shape index (κ3) is 8.97. The lowest BCUT2D eigenvalue weighted by Crippen LogP contribution is -2.39. The van der Waals surface area contributed by atoms with E-state index < -0.39 is 0 Å². The van der Waals surface area contributed by atoms with Crippen molar-refractivity contribution in [2.24, 2.45) is 10.9 Å². The standard InChI is InChI=1S/C14H30N4O.HI/c1-3-15-14(17-8-12-19)16-7-4-9-18-10-5-13(2)6-11-18;/h13,19H,3-12H2,1-2H3,(H2,15,16,17);1H. The highest BCUT2D eigenvalue weighted by Crippen LogP contribution is 2.15. The molecule has 1 saturated heterocycles. The summed E-state index contributed by atoms with van der Waals surface area (Å²) in [6.45, 7) is 10.4. The van der Waals surface area contributed by atoms with Gasteiger partial charge in [0, 0.05) is 19.6 Å². The molecule has 0 bridgehead atoms. The molecule has 1 aliphatic heterocycles. The molecule has 0 amide bonds. The van der Waals surface area contributed by atoms with Crippen molar-refractivity contribution in [3.8, 4) is 0 Å². The molecule has 120 valence electrons. The van der Waals surface area contributed by atoms with E-state index in [0.717, 1.165) is 37.9 Å². The number of hydrogen-bond donors (Lipinski definition) is 3. The van der Waals surface area contributed by atoms with E-state index in [4.69, 9.17) is 5.11 Å². The summed E-state index contributed by atoms with van der Waals surface area (Å²) < 4.78 is 0. The molecule has 1 aliphatic rings. The van der Waals surface area contributed by atoms with Gasteiger partial charge in [0.15, 0.2) is 5.96 Å². The van der Waals surface area contributed by atoms with Crippen molar-refractivity contribution in [1.29, 1.82) is 0 Å². The molecule has 0 saturated carbocycles. The van der Waals surface area contributed by atoms with Crippen molar-refractivity contribution in [3.63, 3.8) is 0 Å². The molecule has 0 spiro atoms. The Hall–Kier alpha value is -0.0800. The van der Waals surface area contributed by atoms with E-state index >= 15 is 0 Å². The van der Waals surface area contributed by atoms with Crippen molar-refractivity contribution < 1.29 is 5.11 Å². The minimum absolute atomic E-state index is 0. The number of aliphatic hydroxyl groups is 1. The molecule has 0 atom stereocenters. The van der Waals surface area contributed by atoms with Crippen molar-refractivity contribution >= 4 is 29.9 Å². The molecule has 1 fully saturated rings. The first kappa shape index (κ1) is 19.9. The van der Waals surface area contributed by atoms with Crippen LogP contribution >= 0.6 is 24.0 Å². The maximum Gasteiger partial charge on any atom is 0.191 e. The van der Waals surface area contributed by atoms with Crippen LogP contribution in [-0.4, -0.2) is 61.8 Å². The lowest BCUT2D eigenvalue weighted by Gasteiger charge is -2.29. The number of likely N-dealkylation sites (tertiary alicyclic amines) is 1. The lowest BCUT2D eigenvalue weighted by molar-refractivity contribution is 0.191. The Kier molecular flexibility index (Phi) is 12.6. The van der Waals surface area contributed by atoms with Gasteiger partial charge in [0.25, 0.3) is 0 Å². The van der Waals surface area contributed by atoms with E-state index in [0.29, 0.717) is 6.54 Å². The Bertz CT molecular complexity index is 256. The molecule has 6 heteroatoms. The summed E-state index contributed by atoms with van der Waals surface area (Å²) in [4.78, 5) is 7.05. The van der Waals surface area contributed by atoms with Gasteiger partial charge < -0.3 is 20.6 Å². The van der Waals surface area contributed by atoms with E-state index in [9.17, 15) is 0 Å². The number of hydrogen-bond acceptors (Lipinski definition) is 3. The minimum Gasteiger partial charge on any atom is -0.395 e. The summed E-state index contributed by atoms with van der Waals surface area (Å²) in [7, 11) is 0. The van der Waals surface area contributed by atoms with Gasteiger partial charge in [0.1, 0.15) is 0 Å². The number of piperidine rings is 1. The van der Waals surface area contributed by atoms with Gasteiger partial charge in [0.05, 0.1) is 6.61 Å². The summed E-state index contributed by atoms with van der Waals surface area (Å²) in [5, 5.41) is 15.1. The minimum atomic E-state index is 0. The second kappa shape index (κ2) is 12.6. The van der Waals surface area contributed by atoms with E-state index in [1.54, 1.807) is 0 Å². The smallest absolute Gasteiger partial charge is 0.191 e. The van der Waals surface area contributed by atoms with Gasteiger partial charge >= 0.3 is 0 Å². The van der Waals surface area contributed by atoms with Crippen LogP contribution in [0.1, 0.15) is 33.1 Å². The predicted octanol–water partition coefficient (Wildman–Crippen LogP) is 1.27. The molecule has 3 N–H and O–H groups in total. The zero-order chi connectivity index (χ0) is 13.9. The normalized spacial score (nSPS) is 17.6. The Balaban J connectivity index is 0.00000361. The third-order valence-corrected chi connectivity index (χ3v) is 3.53. The van der Waals surface area contributed by atoms with Crippen LogP contribution in [0.3, 0.4) is 0 Å². The maximum absolute atomic E-state index is 8.79. The third-order valence-electron chi connectivity index (χ3n) is 3.53. The van der Waals surface area contributed by atoms with Gasteiger partial charge in [0.2, 0.25) is 0 Å². The molecule has 20 heavy (non-hydrogen) atoms. The Morgan fingerprint density at radius 2 is 2.00 bits per heavy atom. The topological polar surface area (TPSA) is 59.9 Å². The molecule has 1 heterocycles. The van der Waals surface area contributed by atoms with Gasteiger partial charge in [-0.05, 0) is 51.7 Å². The first-order valence-corrected chi connectivity index (χ1v) is 7.61. The fourth-order valence-corrected chi connectivity index (χ4v) is 2.29. The van der Waals surface area contributed by atoms with Crippen LogP contribution in [-0.2, 0) is 0 Å². The van der Waals surface area contributed by atoms with Gasteiger partial charge in [-0.25, -0.2) is 0 Å². The number of aliphatic hydroxyl groups excluding tert-OH is 1. The summed E-state index contributed by atoms with van der Waals surface area (Å²) in [6.07, 6.45) is 3.78. The van der Waals surface area contributed by atoms with E-state index in [1.807, 2.05) is 6.92 Å². The fourth-order valence-electron chi connectivity index (χ4n) is 2.29. The molecule has 0 aromatic rings. The van der Waals surface area contributed by atoms with E-state index in [2.05, 4.69) is 27.4 Å². The summed E-state index contributed by atoms with van der Waals surface area (Å²) >= 11 is 0. The number of aliphatic imine (C=N–C) groups is 1. The quantitative estimate of drug-likeness (QED) is 0.262. The van der Waals surface area contributed by atoms with Crippen LogP contribution in [0.5, 0.6) is 0 Å². The largest absolute Gasteiger partial charge is 0.395 e. The summed E-state index contributed by atoms with van der Waals surface area (Å²) in [5.41, 5.74) is 0. The van der Waals surface area contributed by atoms with E-state index in [-0.39, 0.29) is 30.6 Å². The number of halogens is 1. The highest BCUT2D eigenvalue weighted by molar-refractivity contribution is 14.0. The van der Waals surface area contributed by atoms with Crippen LogP contribution in [0, 0.1) is 5.92 Å². The number of nitrogens with zero attached hydrogens (tertiary/aromatic N) is 2. The first-order valence-electron chi connectivity index (χ1n) is 7.61. The van der Waals surface area contributed by atoms with Crippen molar-refractivity contribution in [2.45, 2.75) is 33.1 Å². The number of nitrogens with one attached hydrogen (secondary N) is 2. The van der Waals surface area contributed by atoms with Crippen LogP contribution in [0.25, 0.3) is 0 Å². The van der Waals surface area contributed by atoms with Gasteiger partial charge in [-0.3, -0.25) is 4.99 Å². The maximum atomic E-state index is 8.79.